The number of hydrogen-bond acceptors (Lipinski definition) is 4. The summed E-state index contributed by atoms with van der Waals surface area (Å²) in [5.41, 5.74) is 2.82. The lowest BCUT2D eigenvalue weighted by molar-refractivity contribution is -0.131. The molecule has 4 rings (SSSR count). The van der Waals surface area contributed by atoms with E-state index < -0.39 is 4.75 Å². The Labute approximate surface area is 167 Å². The molecule has 0 saturated heterocycles. The van der Waals surface area contributed by atoms with Gasteiger partial charge in [-0.15, -0.1) is 0 Å². The van der Waals surface area contributed by atoms with Crippen LogP contribution in [0.5, 0.6) is 0 Å². The molecule has 7 heteroatoms. The molecule has 6 nitrogen and oxygen atoms in total. The number of nitrogens with zero attached hydrogens (tertiary/aromatic N) is 3. The van der Waals surface area contributed by atoms with Gasteiger partial charge in [0, 0.05) is 24.5 Å². The highest BCUT2D eigenvalue weighted by Gasteiger charge is 2.48. The lowest BCUT2D eigenvalue weighted by Gasteiger charge is -2.38. The van der Waals surface area contributed by atoms with E-state index in [0.29, 0.717) is 19.6 Å². The van der Waals surface area contributed by atoms with Crippen molar-refractivity contribution in [3.63, 3.8) is 0 Å². The molecule has 2 heterocycles. The Bertz CT molecular complexity index is 1050. The van der Waals surface area contributed by atoms with E-state index in [2.05, 4.69) is 10.3 Å². The smallest absolute Gasteiger partial charge is 0.252 e. The predicted octanol–water partition coefficient (Wildman–Crippen LogP) is 3.07. The van der Waals surface area contributed by atoms with Crippen LogP contribution in [0.3, 0.4) is 0 Å². The van der Waals surface area contributed by atoms with Crippen molar-refractivity contribution < 1.29 is 9.59 Å². The number of anilines is 1. The molecule has 1 aromatic heterocycles. The van der Waals surface area contributed by atoms with E-state index in [1.807, 2.05) is 60.0 Å². The van der Waals surface area contributed by atoms with E-state index in [9.17, 15) is 9.59 Å². The fourth-order valence-corrected chi connectivity index (χ4v) is 4.73. The van der Waals surface area contributed by atoms with Gasteiger partial charge in [0.2, 0.25) is 5.91 Å². The molecule has 144 valence electrons. The number of aromatic nitrogens is 2. The van der Waals surface area contributed by atoms with Crippen molar-refractivity contribution in [1.82, 2.24) is 14.9 Å². The quantitative estimate of drug-likeness (QED) is 0.676. The number of hydrogen-bond donors (Lipinski definition) is 1. The standard InChI is InChI=1S/C21H22N4O2S/c1-3-25-17-10-6-7-11-18(17)28-21(2,20(25)27)19(26)22-12-13-24-14-23-15-8-4-5-9-16(15)24/h4-11,14H,3,12-13H2,1-2H3,(H,22,26). The summed E-state index contributed by atoms with van der Waals surface area (Å²) in [6, 6.07) is 15.6. The van der Waals surface area contributed by atoms with E-state index in [1.54, 1.807) is 18.2 Å². The van der Waals surface area contributed by atoms with Crippen LogP contribution in [0.2, 0.25) is 0 Å². The van der Waals surface area contributed by atoms with Crippen LogP contribution in [0.25, 0.3) is 11.0 Å². The van der Waals surface area contributed by atoms with Crippen LogP contribution in [0.15, 0.2) is 59.8 Å². The number of imidazole rings is 1. The van der Waals surface area contributed by atoms with E-state index in [-0.39, 0.29) is 11.8 Å². The van der Waals surface area contributed by atoms with Gasteiger partial charge in [0.25, 0.3) is 5.91 Å². The lowest BCUT2D eigenvalue weighted by atomic mass is 10.1. The first-order chi connectivity index (χ1) is 13.5. The Morgan fingerprint density at radius 3 is 2.75 bits per heavy atom. The SMILES string of the molecule is CCN1C(=O)C(C)(C(=O)NCCn2cnc3ccccc32)Sc2ccccc21. The number of carbonyl (C=O) groups is 2. The van der Waals surface area contributed by atoms with E-state index in [0.717, 1.165) is 21.6 Å². The van der Waals surface area contributed by atoms with Gasteiger partial charge in [0.05, 0.1) is 23.0 Å². The molecular formula is C21H22N4O2S. The molecule has 0 aliphatic carbocycles. The fourth-order valence-electron chi connectivity index (χ4n) is 3.50. The Hall–Kier alpha value is -2.80. The highest BCUT2D eigenvalue weighted by atomic mass is 32.2. The maximum Gasteiger partial charge on any atom is 0.252 e. The van der Waals surface area contributed by atoms with Gasteiger partial charge in [-0.3, -0.25) is 9.59 Å². The van der Waals surface area contributed by atoms with Crippen LogP contribution in [-0.4, -0.2) is 39.2 Å². The molecule has 1 atom stereocenters. The third kappa shape index (κ3) is 3.05. The van der Waals surface area contributed by atoms with E-state index in [1.165, 1.54) is 11.8 Å². The average molecular weight is 395 g/mol. The number of fused-ring (bicyclic) bond motifs is 2. The number of rotatable bonds is 5. The second-order valence-electron chi connectivity index (χ2n) is 6.84. The molecule has 28 heavy (non-hydrogen) atoms. The summed E-state index contributed by atoms with van der Waals surface area (Å²) in [7, 11) is 0. The van der Waals surface area contributed by atoms with Crippen molar-refractivity contribution in [3.8, 4) is 0 Å². The molecule has 0 radical (unpaired) electrons. The highest BCUT2D eigenvalue weighted by Crippen LogP contribution is 2.45. The zero-order valence-electron chi connectivity index (χ0n) is 15.9. The number of amides is 2. The van der Waals surface area contributed by atoms with Crippen LogP contribution in [-0.2, 0) is 16.1 Å². The van der Waals surface area contributed by atoms with Gasteiger partial charge in [-0.2, -0.15) is 0 Å². The molecule has 1 N–H and O–H groups in total. The van der Waals surface area contributed by atoms with Crippen LogP contribution < -0.4 is 10.2 Å². The molecule has 2 amide bonds. The van der Waals surface area contributed by atoms with Gasteiger partial charge in [0.1, 0.15) is 0 Å². The van der Waals surface area contributed by atoms with Gasteiger partial charge in [-0.05, 0) is 38.1 Å². The van der Waals surface area contributed by atoms with Crippen LogP contribution in [0, 0.1) is 0 Å². The van der Waals surface area contributed by atoms with Gasteiger partial charge in [0.15, 0.2) is 4.75 Å². The zero-order valence-corrected chi connectivity index (χ0v) is 16.7. The van der Waals surface area contributed by atoms with Crippen molar-refractivity contribution >= 4 is 40.3 Å². The predicted molar refractivity (Wildman–Crippen MR) is 111 cm³/mol. The summed E-state index contributed by atoms with van der Waals surface area (Å²) < 4.78 is 0.822. The second kappa shape index (κ2) is 7.31. The van der Waals surface area contributed by atoms with Crippen molar-refractivity contribution in [2.24, 2.45) is 0 Å². The zero-order chi connectivity index (χ0) is 19.7. The highest BCUT2D eigenvalue weighted by molar-refractivity contribution is 8.02. The van der Waals surface area contributed by atoms with Gasteiger partial charge in [-0.1, -0.05) is 36.0 Å². The van der Waals surface area contributed by atoms with Crippen molar-refractivity contribution in [2.45, 2.75) is 30.0 Å². The summed E-state index contributed by atoms with van der Waals surface area (Å²) in [5.74, 6) is -0.441. The molecule has 1 aliphatic rings. The maximum atomic E-state index is 13.1. The fraction of sp³-hybridized carbons (Fsp3) is 0.286. The summed E-state index contributed by atoms with van der Waals surface area (Å²) in [6.07, 6.45) is 1.77. The minimum atomic E-state index is -1.18. The first kappa shape index (κ1) is 18.6. The minimum absolute atomic E-state index is 0.177. The van der Waals surface area contributed by atoms with Crippen molar-refractivity contribution in [2.75, 3.05) is 18.0 Å². The summed E-state index contributed by atoms with van der Waals surface area (Å²) in [6.45, 7) is 5.18. The lowest BCUT2D eigenvalue weighted by Crippen LogP contribution is -2.56. The molecule has 1 aliphatic heterocycles. The van der Waals surface area contributed by atoms with Gasteiger partial charge >= 0.3 is 0 Å². The summed E-state index contributed by atoms with van der Waals surface area (Å²) in [5, 5.41) is 2.95. The number of para-hydroxylation sites is 3. The monoisotopic (exact) mass is 394 g/mol. The Morgan fingerprint density at radius 2 is 1.93 bits per heavy atom. The van der Waals surface area contributed by atoms with E-state index >= 15 is 0 Å². The normalized spacial score (nSPS) is 18.9. The summed E-state index contributed by atoms with van der Waals surface area (Å²) in [4.78, 5) is 33.1. The van der Waals surface area contributed by atoms with Crippen molar-refractivity contribution in [3.05, 3.63) is 54.9 Å². The maximum absolute atomic E-state index is 13.1. The molecule has 0 saturated carbocycles. The van der Waals surface area contributed by atoms with Crippen LogP contribution >= 0.6 is 11.8 Å². The first-order valence-corrected chi connectivity index (χ1v) is 10.1. The molecule has 0 bridgehead atoms. The Morgan fingerprint density at radius 1 is 1.18 bits per heavy atom. The average Bonchev–Trinajstić information content (AvgIpc) is 3.12. The number of benzene rings is 2. The molecule has 1 unspecified atom stereocenters. The minimum Gasteiger partial charge on any atom is -0.353 e. The largest absolute Gasteiger partial charge is 0.353 e. The third-order valence-corrected chi connectivity index (χ3v) is 6.37. The topological polar surface area (TPSA) is 67.2 Å². The Balaban J connectivity index is 1.49. The second-order valence-corrected chi connectivity index (χ2v) is 8.30. The molecule has 3 aromatic rings. The Kier molecular flexibility index (Phi) is 4.85. The van der Waals surface area contributed by atoms with E-state index in [4.69, 9.17) is 0 Å². The molecule has 2 aromatic carbocycles. The molecular weight excluding hydrogens is 372 g/mol. The van der Waals surface area contributed by atoms with Gasteiger partial charge in [-0.25, -0.2) is 4.98 Å². The third-order valence-electron chi connectivity index (χ3n) is 5.04. The summed E-state index contributed by atoms with van der Waals surface area (Å²) >= 11 is 1.32. The van der Waals surface area contributed by atoms with Gasteiger partial charge < -0.3 is 14.8 Å². The first-order valence-electron chi connectivity index (χ1n) is 9.33. The number of carbonyl (C=O) groups excluding carboxylic acids is 2. The van der Waals surface area contributed by atoms with Crippen molar-refractivity contribution in [1.29, 1.82) is 0 Å². The number of nitrogens with one attached hydrogen (secondary N) is 1. The molecule has 0 spiro atoms. The number of thioether (sulfide) groups is 1. The van der Waals surface area contributed by atoms with Crippen LogP contribution in [0.4, 0.5) is 5.69 Å². The molecule has 0 fully saturated rings. The van der Waals surface area contributed by atoms with Crippen LogP contribution in [0.1, 0.15) is 13.8 Å².